The van der Waals surface area contributed by atoms with Crippen molar-refractivity contribution >= 4 is 5.97 Å². The molecule has 0 aliphatic heterocycles. The molecule has 0 atom stereocenters. The number of benzene rings is 2. The molecule has 0 saturated carbocycles. The maximum atomic E-state index is 12.6. The van der Waals surface area contributed by atoms with E-state index in [9.17, 15) is 9.18 Å². The van der Waals surface area contributed by atoms with Crippen molar-refractivity contribution in [3.05, 3.63) is 66.0 Å². The van der Waals surface area contributed by atoms with E-state index >= 15 is 0 Å². The number of hydrogen-bond acceptors (Lipinski definition) is 3. The first-order chi connectivity index (χ1) is 8.25. The van der Waals surface area contributed by atoms with Crippen molar-refractivity contribution in [1.29, 1.82) is 0 Å². The molecule has 0 amide bonds. The fourth-order valence-electron chi connectivity index (χ4n) is 1.20. The summed E-state index contributed by atoms with van der Waals surface area (Å²) < 4.78 is 12.6. The zero-order chi connectivity index (χ0) is 12.1. The fourth-order valence-corrected chi connectivity index (χ4v) is 1.20. The van der Waals surface area contributed by atoms with E-state index in [0.717, 1.165) is 0 Å². The summed E-state index contributed by atoms with van der Waals surface area (Å²) in [5.41, 5.74) is 0.384. The summed E-state index contributed by atoms with van der Waals surface area (Å²) in [5, 5.41) is 0. The summed E-state index contributed by atoms with van der Waals surface area (Å²) in [4.78, 5) is 20.8. The van der Waals surface area contributed by atoms with Gasteiger partial charge in [-0.25, -0.2) is 14.1 Å². The largest absolute Gasteiger partial charge is 0.386 e. The van der Waals surface area contributed by atoms with Crippen molar-refractivity contribution in [3.63, 3.8) is 0 Å². The number of carbonyl (C=O) groups is 1. The Kier molecular flexibility index (Phi) is 3.35. The molecule has 86 valence electrons. The van der Waals surface area contributed by atoms with Crippen LogP contribution in [-0.4, -0.2) is 5.97 Å². The lowest BCUT2D eigenvalue weighted by molar-refractivity contribution is -0.149. The first kappa shape index (κ1) is 11.1. The third-order valence-corrected chi connectivity index (χ3v) is 2.04. The second-order valence-corrected chi connectivity index (χ2v) is 3.27. The van der Waals surface area contributed by atoms with Gasteiger partial charge in [0.05, 0.1) is 5.56 Å². The van der Waals surface area contributed by atoms with Crippen molar-refractivity contribution in [2.75, 3.05) is 0 Å². The number of hydrogen-bond donors (Lipinski definition) is 0. The van der Waals surface area contributed by atoms with E-state index in [1.54, 1.807) is 30.3 Å². The molecule has 0 aliphatic carbocycles. The van der Waals surface area contributed by atoms with Gasteiger partial charge in [0.15, 0.2) is 5.75 Å². The van der Waals surface area contributed by atoms with Crippen molar-refractivity contribution in [2.45, 2.75) is 0 Å². The lowest BCUT2D eigenvalue weighted by Crippen LogP contribution is -2.08. The highest BCUT2D eigenvalue weighted by molar-refractivity contribution is 5.88. The van der Waals surface area contributed by atoms with E-state index in [2.05, 4.69) is 4.89 Å². The van der Waals surface area contributed by atoms with Crippen molar-refractivity contribution in [1.82, 2.24) is 0 Å². The Hall–Kier alpha value is -2.36. The van der Waals surface area contributed by atoms with Gasteiger partial charge in [0.1, 0.15) is 5.82 Å². The molecule has 0 N–H and O–H groups in total. The molecule has 0 radical (unpaired) electrons. The second kappa shape index (κ2) is 5.12. The third kappa shape index (κ3) is 3.04. The van der Waals surface area contributed by atoms with Gasteiger partial charge in [-0.15, -0.1) is 0 Å². The van der Waals surface area contributed by atoms with E-state index in [1.807, 2.05) is 0 Å². The van der Waals surface area contributed by atoms with E-state index in [-0.39, 0.29) is 11.6 Å². The monoisotopic (exact) mass is 232 g/mol. The first-order valence-corrected chi connectivity index (χ1v) is 4.95. The molecule has 0 fully saturated rings. The molecule has 4 heteroatoms. The standard InChI is InChI=1S/C13H9FO3/c14-11-6-8-12(9-7-11)16-17-13(15)10-4-2-1-3-5-10/h1-9H. The molecule has 2 aromatic carbocycles. The SMILES string of the molecule is O=C(OOc1ccc(F)cc1)c1ccccc1. The predicted octanol–water partition coefficient (Wildman–Crippen LogP) is 2.98. The van der Waals surface area contributed by atoms with Gasteiger partial charge in [-0.2, -0.15) is 0 Å². The molecule has 0 aliphatic rings. The number of rotatable bonds is 3. The van der Waals surface area contributed by atoms with Crippen LogP contribution in [0, 0.1) is 5.82 Å². The molecular formula is C13H9FO3. The van der Waals surface area contributed by atoms with Crippen LogP contribution in [0.15, 0.2) is 54.6 Å². The Morgan fingerprint density at radius 2 is 1.59 bits per heavy atom. The normalized spacial score (nSPS) is 9.71. The summed E-state index contributed by atoms with van der Waals surface area (Å²) in [6, 6.07) is 13.6. The highest BCUT2D eigenvalue weighted by atomic mass is 19.1. The van der Waals surface area contributed by atoms with Gasteiger partial charge in [0.2, 0.25) is 0 Å². The molecule has 0 bridgehead atoms. The Morgan fingerprint density at radius 3 is 2.24 bits per heavy atom. The maximum Gasteiger partial charge on any atom is 0.386 e. The van der Waals surface area contributed by atoms with E-state index in [1.165, 1.54) is 24.3 Å². The third-order valence-electron chi connectivity index (χ3n) is 2.04. The van der Waals surface area contributed by atoms with Crippen LogP contribution in [-0.2, 0) is 4.89 Å². The van der Waals surface area contributed by atoms with Gasteiger partial charge < -0.3 is 0 Å². The summed E-state index contributed by atoms with van der Waals surface area (Å²) in [6.07, 6.45) is 0. The highest BCUT2D eigenvalue weighted by Gasteiger charge is 2.08. The van der Waals surface area contributed by atoms with Crippen LogP contribution in [0.4, 0.5) is 4.39 Å². The van der Waals surface area contributed by atoms with Crippen LogP contribution < -0.4 is 4.89 Å². The van der Waals surface area contributed by atoms with Crippen molar-refractivity contribution in [3.8, 4) is 5.75 Å². The molecule has 0 saturated heterocycles. The lowest BCUT2D eigenvalue weighted by Gasteiger charge is -2.03. The van der Waals surface area contributed by atoms with Gasteiger partial charge in [-0.05, 0) is 36.4 Å². The van der Waals surface area contributed by atoms with Crippen LogP contribution in [0.5, 0.6) is 5.75 Å². The Morgan fingerprint density at radius 1 is 0.941 bits per heavy atom. The van der Waals surface area contributed by atoms with Crippen LogP contribution in [0.3, 0.4) is 0 Å². The van der Waals surface area contributed by atoms with Gasteiger partial charge in [-0.1, -0.05) is 18.2 Å². The Bertz CT molecular complexity index is 494. The second-order valence-electron chi connectivity index (χ2n) is 3.27. The van der Waals surface area contributed by atoms with Crippen LogP contribution in [0.25, 0.3) is 0 Å². The average Bonchev–Trinajstić information content (AvgIpc) is 2.39. The van der Waals surface area contributed by atoms with Gasteiger partial charge in [0, 0.05) is 0 Å². The van der Waals surface area contributed by atoms with E-state index in [0.29, 0.717) is 5.56 Å². The average molecular weight is 232 g/mol. The molecule has 3 nitrogen and oxygen atoms in total. The molecular weight excluding hydrogens is 223 g/mol. The fraction of sp³-hybridized carbons (Fsp3) is 0. The molecule has 0 unspecified atom stereocenters. The summed E-state index contributed by atoms with van der Waals surface area (Å²) >= 11 is 0. The molecule has 17 heavy (non-hydrogen) atoms. The molecule has 0 heterocycles. The smallest absolute Gasteiger partial charge is 0.287 e. The number of halogens is 1. The predicted molar refractivity (Wildman–Crippen MR) is 58.9 cm³/mol. The van der Waals surface area contributed by atoms with Crippen LogP contribution >= 0.6 is 0 Å². The minimum Gasteiger partial charge on any atom is -0.287 e. The lowest BCUT2D eigenvalue weighted by atomic mass is 10.2. The Balaban J connectivity index is 1.95. The zero-order valence-corrected chi connectivity index (χ0v) is 8.80. The molecule has 2 rings (SSSR count). The molecule has 2 aromatic rings. The van der Waals surface area contributed by atoms with Gasteiger partial charge in [0.25, 0.3) is 0 Å². The zero-order valence-electron chi connectivity index (χ0n) is 8.80. The van der Waals surface area contributed by atoms with Crippen LogP contribution in [0.1, 0.15) is 10.4 Å². The summed E-state index contributed by atoms with van der Waals surface area (Å²) in [6.45, 7) is 0. The quantitative estimate of drug-likeness (QED) is 0.602. The molecule has 0 spiro atoms. The van der Waals surface area contributed by atoms with E-state index in [4.69, 9.17) is 4.89 Å². The Labute approximate surface area is 97.3 Å². The van der Waals surface area contributed by atoms with Crippen molar-refractivity contribution < 1.29 is 19.0 Å². The van der Waals surface area contributed by atoms with Crippen LogP contribution in [0.2, 0.25) is 0 Å². The highest BCUT2D eigenvalue weighted by Crippen LogP contribution is 2.12. The minimum absolute atomic E-state index is 0.260. The topological polar surface area (TPSA) is 35.5 Å². The van der Waals surface area contributed by atoms with Gasteiger partial charge in [-0.3, -0.25) is 4.89 Å². The first-order valence-electron chi connectivity index (χ1n) is 4.95. The van der Waals surface area contributed by atoms with Gasteiger partial charge >= 0.3 is 5.97 Å². The van der Waals surface area contributed by atoms with Crippen molar-refractivity contribution in [2.24, 2.45) is 0 Å². The summed E-state index contributed by atoms with van der Waals surface area (Å²) in [5.74, 6) is -0.725. The minimum atomic E-state index is -0.602. The molecule has 0 aromatic heterocycles. The maximum absolute atomic E-state index is 12.6. The van der Waals surface area contributed by atoms with E-state index < -0.39 is 5.97 Å². The summed E-state index contributed by atoms with van der Waals surface area (Å²) in [7, 11) is 0. The number of carbonyl (C=O) groups excluding carboxylic acids is 1.